The maximum absolute atomic E-state index is 14.5. The van der Waals surface area contributed by atoms with Crippen LogP contribution in [0.4, 0.5) is 5.69 Å². The molecule has 3 N–H and O–H groups in total. The number of nitrogens with two attached hydrogens (primary N) is 1. The van der Waals surface area contributed by atoms with Crippen molar-refractivity contribution in [3.05, 3.63) is 65.4 Å². The predicted octanol–water partition coefficient (Wildman–Crippen LogP) is 4.16. The predicted molar refractivity (Wildman–Crippen MR) is 212 cm³/mol. The average molecular weight is 823 g/mol. The molecule has 0 aliphatic carbocycles. The van der Waals surface area contributed by atoms with Crippen LogP contribution in [0.2, 0.25) is 0 Å². The highest BCUT2D eigenvalue weighted by atomic mass is 35.5. The van der Waals surface area contributed by atoms with Crippen molar-refractivity contribution >= 4 is 68.7 Å². The van der Waals surface area contributed by atoms with E-state index in [2.05, 4.69) is 4.98 Å². The number of alkyl halides is 1. The first-order valence-corrected chi connectivity index (χ1v) is 19.3. The van der Waals surface area contributed by atoms with Gasteiger partial charge in [0.25, 0.3) is 5.91 Å². The number of halogens is 1. The van der Waals surface area contributed by atoms with Crippen molar-refractivity contribution in [3.63, 3.8) is 0 Å². The van der Waals surface area contributed by atoms with Crippen LogP contribution in [-0.4, -0.2) is 117 Å². The molecule has 3 aromatic carbocycles. The Hall–Kier alpha value is -5.42. The van der Waals surface area contributed by atoms with Gasteiger partial charge in [-0.1, -0.05) is 12.1 Å². The number of nitrogens with one attached hydrogen (secondary N) is 1. The van der Waals surface area contributed by atoms with Crippen LogP contribution in [0.15, 0.2) is 48.5 Å². The van der Waals surface area contributed by atoms with E-state index < -0.39 is 61.2 Å². The number of H-pyrrole nitrogens is 1. The number of fused-ring (bicyclic) bond motifs is 4. The number of carbonyl (C=O) groups is 5. The Morgan fingerprint density at radius 3 is 2.24 bits per heavy atom. The summed E-state index contributed by atoms with van der Waals surface area (Å²) in [5, 5.41) is 2.08. The maximum Gasteiger partial charge on any atom is 0.303 e. The lowest BCUT2D eigenvalue weighted by Gasteiger charge is -2.44. The van der Waals surface area contributed by atoms with Crippen molar-refractivity contribution in [1.82, 2.24) is 9.88 Å². The summed E-state index contributed by atoms with van der Waals surface area (Å²) >= 11 is 6.61. The quantitative estimate of drug-likeness (QED) is 0.104. The number of nitrogens with zero attached hydrogens (tertiary/aromatic N) is 2. The van der Waals surface area contributed by atoms with Crippen molar-refractivity contribution in [2.24, 2.45) is 5.73 Å². The van der Waals surface area contributed by atoms with Crippen LogP contribution in [0.3, 0.4) is 0 Å². The van der Waals surface area contributed by atoms with Gasteiger partial charge in [-0.2, -0.15) is 0 Å². The van der Waals surface area contributed by atoms with Crippen LogP contribution in [0.1, 0.15) is 55.2 Å². The van der Waals surface area contributed by atoms with Gasteiger partial charge >= 0.3 is 23.9 Å². The molecule has 310 valence electrons. The van der Waals surface area contributed by atoms with E-state index in [1.807, 2.05) is 55.4 Å². The summed E-state index contributed by atoms with van der Waals surface area (Å²) in [4.78, 5) is 70.5. The summed E-state index contributed by atoms with van der Waals surface area (Å²) in [6.07, 6.45) is -7.06. The fraction of sp³-hybridized carbons (Fsp3) is 0.439. The van der Waals surface area contributed by atoms with E-state index in [0.717, 1.165) is 49.3 Å². The van der Waals surface area contributed by atoms with Gasteiger partial charge in [0.2, 0.25) is 12.4 Å². The Kier molecular flexibility index (Phi) is 13.1. The number of hydrogen-bond acceptors (Lipinski definition) is 14. The van der Waals surface area contributed by atoms with Crippen molar-refractivity contribution in [1.29, 1.82) is 0 Å². The number of ether oxygens (including phenoxy) is 7. The molecule has 4 aromatic rings. The molecule has 6 rings (SSSR count). The summed E-state index contributed by atoms with van der Waals surface area (Å²) in [7, 11) is 3.93. The molecular formula is C41H47ClN4O12. The molecule has 17 heteroatoms. The molecule has 1 amide bonds. The van der Waals surface area contributed by atoms with Gasteiger partial charge in [0.05, 0.1) is 5.69 Å². The molecule has 16 nitrogen and oxygen atoms in total. The highest BCUT2D eigenvalue weighted by Gasteiger charge is 2.53. The number of amides is 1. The van der Waals surface area contributed by atoms with E-state index >= 15 is 0 Å². The van der Waals surface area contributed by atoms with E-state index in [1.54, 1.807) is 17.0 Å². The van der Waals surface area contributed by atoms with E-state index in [4.69, 9.17) is 50.5 Å². The average Bonchev–Trinajstić information content (AvgIpc) is 3.77. The van der Waals surface area contributed by atoms with Crippen molar-refractivity contribution in [2.75, 3.05) is 51.2 Å². The first-order valence-electron chi connectivity index (χ1n) is 18.7. The number of likely N-dealkylation sites (N-methyl/N-ethyl adjacent to an activating group) is 1. The zero-order chi connectivity index (χ0) is 41.8. The van der Waals surface area contributed by atoms with Gasteiger partial charge in [-0.15, -0.1) is 11.6 Å². The number of anilines is 1. The first-order chi connectivity index (χ1) is 27.7. The molecule has 0 radical (unpaired) electrons. The molecule has 0 spiro atoms. The summed E-state index contributed by atoms with van der Waals surface area (Å²) in [5.74, 6) is -2.52. The van der Waals surface area contributed by atoms with Crippen LogP contribution in [-0.2, 0) is 49.4 Å². The second kappa shape index (κ2) is 18.0. The molecule has 2 aliphatic rings. The largest absolute Gasteiger partial charge is 0.492 e. The van der Waals surface area contributed by atoms with E-state index in [9.17, 15) is 24.0 Å². The minimum atomic E-state index is -1.52. The monoisotopic (exact) mass is 822 g/mol. The Bertz CT molecular complexity index is 2210. The number of aromatic amines is 1. The van der Waals surface area contributed by atoms with Crippen LogP contribution < -0.4 is 20.1 Å². The second-order valence-corrected chi connectivity index (χ2v) is 14.7. The highest BCUT2D eigenvalue weighted by molar-refractivity contribution is 6.19. The SMILES string of the molecule is CC(=O)OC[C@H]1O[C@@H](Oc2cc3c(c4cc(CN)ccc24)[C@H](CCl)CN3C(=O)c2cc3cc(OCCN(C)C)ccc3[nH]2)[C@H](OC(C)=O)[C@@H](OC(C)=O)[C@H]1OC(C)=O. The Labute approximate surface area is 339 Å². The molecule has 0 unspecified atom stereocenters. The highest BCUT2D eigenvalue weighted by Crippen LogP contribution is 2.47. The number of rotatable bonds is 14. The van der Waals surface area contributed by atoms with Crippen LogP contribution in [0, 0.1) is 0 Å². The number of benzene rings is 3. The zero-order valence-electron chi connectivity index (χ0n) is 33.1. The van der Waals surface area contributed by atoms with Gasteiger partial charge in [-0.05, 0) is 60.9 Å². The topological polar surface area (TPSA) is 198 Å². The Morgan fingerprint density at radius 2 is 1.59 bits per heavy atom. The van der Waals surface area contributed by atoms with Gasteiger partial charge in [-0.25, -0.2) is 0 Å². The minimum absolute atomic E-state index is 0.193. The van der Waals surface area contributed by atoms with Gasteiger partial charge in [-0.3, -0.25) is 24.0 Å². The molecule has 1 aromatic heterocycles. The number of carbonyl (C=O) groups excluding carboxylic acids is 5. The lowest BCUT2D eigenvalue weighted by Crippen LogP contribution is -2.63. The third-order valence-corrected chi connectivity index (χ3v) is 10.1. The maximum atomic E-state index is 14.5. The van der Waals surface area contributed by atoms with Gasteiger partial charge < -0.3 is 53.7 Å². The molecule has 0 saturated carbocycles. The fourth-order valence-corrected chi connectivity index (χ4v) is 7.52. The van der Waals surface area contributed by atoms with Gasteiger partial charge in [0, 0.05) is 81.5 Å². The molecule has 2 aliphatic heterocycles. The summed E-state index contributed by atoms with van der Waals surface area (Å²) in [5.41, 5.74) is 9.28. The number of esters is 4. The molecule has 3 heterocycles. The van der Waals surface area contributed by atoms with E-state index in [-0.39, 0.29) is 36.5 Å². The third-order valence-electron chi connectivity index (χ3n) is 9.77. The number of hydrogen-bond donors (Lipinski definition) is 2. The lowest BCUT2D eigenvalue weighted by molar-refractivity contribution is -0.288. The van der Waals surface area contributed by atoms with E-state index in [1.165, 1.54) is 6.92 Å². The molecule has 6 atom stereocenters. The van der Waals surface area contributed by atoms with E-state index in [0.29, 0.717) is 34.5 Å². The molecular weight excluding hydrogens is 776 g/mol. The summed E-state index contributed by atoms with van der Waals surface area (Å²) in [6, 6.07) is 14.6. The molecule has 1 fully saturated rings. The van der Waals surface area contributed by atoms with Gasteiger partial charge in [0.15, 0.2) is 12.2 Å². The molecule has 0 bridgehead atoms. The van der Waals surface area contributed by atoms with Crippen molar-refractivity contribution < 1.29 is 57.1 Å². The lowest BCUT2D eigenvalue weighted by atomic mass is 9.94. The number of aromatic nitrogens is 1. The van der Waals surface area contributed by atoms with Crippen molar-refractivity contribution in [2.45, 2.75) is 70.9 Å². The van der Waals surface area contributed by atoms with Crippen LogP contribution in [0.25, 0.3) is 21.7 Å². The fourth-order valence-electron chi connectivity index (χ4n) is 7.27. The van der Waals surface area contributed by atoms with Crippen LogP contribution >= 0.6 is 11.6 Å². The minimum Gasteiger partial charge on any atom is -0.492 e. The first kappa shape index (κ1) is 42.2. The summed E-state index contributed by atoms with van der Waals surface area (Å²) < 4.78 is 40.8. The third kappa shape index (κ3) is 9.31. The van der Waals surface area contributed by atoms with Gasteiger partial charge in [0.1, 0.15) is 36.5 Å². The zero-order valence-corrected chi connectivity index (χ0v) is 33.8. The second-order valence-electron chi connectivity index (χ2n) is 14.4. The standard InChI is InChI=1S/C41H47ClN4O12/c1-21(47)53-20-35-37(54-22(2)48)38(55-23(3)49)39(56-24(4)50)41(58-35)57-34-16-33-36(30-13-25(18-43)7-9-29(30)34)27(17-42)19-46(33)40(51)32-15-26-14-28(8-10-31(26)44-32)52-12-11-45(5)6/h7-10,13-16,27,35,37-39,41,44H,11-12,17-20,43H2,1-6H3/t27-,35-,37+,38+,39-,41-/m1/s1. The molecule has 1 saturated heterocycles. The summed E-state index contributed by atoms with van der Waals surface area (Å²) in [6.45, 7) is 5.88. The van der Waals surface area contributed by atoms with Crippen LogP contribution in [0.5, 0.6) is 11.5 Å². The molecule has 58 heavy (non-hydrogen) atoms. The van der Waals surface area contributed by atoms with Crippen molar-refractivity contribution in [3.8, 4) is 11.5 Å². The smallest absolute Gasteiger partial charge is 0.303 e. The Balaban J connectivity index is 1.43. The normalized spacial score (nSPS) is 21.4. The Morgan fingerprint density at radius 1 is 0.879 bits per heavy atom.